The summed E-state index contributed by atoms with van der Waals surface area (Å²) in [6.07, 6.45) is 6.61. The molecular weight excluding hydrogens is 214 g/mol. The van der Waals surface area contributed by atoms with E-state index < -0.39 is 0 Å². The molecule has 0 heterocycles. The maximum absolute atomic E-state index is 5.54. The van der Waals surface area contributed by atoms with Crippen LogP contribution in [0.25, 0.3) is 0 Å². The molecule has 0 amide bonds. The Labute approximate surface area is 106 Å². The quantitative estimate of drug-likeness (QED) is 0.551. The Hall–Kier alpha value is -0.120. The zero-order chi connectivity index (χ0) is 12.5. The summed E-state index contributed by atoms with van der Waals surface area (Å²) >= 11 is 0. The van der Waals surface area contributed by atoms with Crippen molar-refractivity contribution in [1.82, 2.24) is 5.32 Å². The van der Waals surface area contributed by atoms with Gasteiger partial charge in [-0.3, -0.25) is 0 Å². The first-order valence-corrected chi connectivity index (χ1v) is 7.22. The van der Waals surface area contributed by atoms with Crippen LogP contribution in [0.4, 0.5) is 0 Å². The predicted molar refractivity (Wildman–Crippen MR) is 71.1 cm³/mol. The van der Waals surface area contributed by atoms with E-state index in [0.717, 1.165) is 12.5 Å². The standard InChI is InChI=1S/C14H29NO2/c1-4-16-14(17-5-2)11-15-13-8-6-7-12(3)9-10-13/h12-15H,4-11H2,1-3H3. The van der Waals surface area contributed by atoms with Gasteiger partial charge in [-0.05, 0) is 39.0 Å². The molecular formula is C14H29NO2. The smallest absolute Gasteiger partial charge is 0.169 e. The van der Waals surface area contributed by atoms with E-state index in [-0.39, 0.29) is 6.29 Å². The highest BCUT2D eigenvalue weighted by Gasteiger charge is 2.17. The average molecular weight is 243 g/mol. The highest BCUT2D eigenvalue weighted by molar-refractivity contribution is 4.73. The second kappa shape index (κ2) is 8.90. The van der Waals surface area contributed by atoms with Gasteiger partial charge in [-0.2, -0.15) is 0 Å². The van der Waals surface area contributed by atoms with Crippen LogP contribution in [0, 0.1) is 5.92 Å². The van der Waals surface area contributed by atoms with Crippen molar-refractivity contribution in [3.05, 3.63) is 0 Å². The van der Waals surface area contributed by atoms with Crippen LogP contribution in [0.5, 0.6) is 0 Å². The Balaban J connectivity index is 2.22. The molecule has 1 N–H and O–H groups in total. The molecule has 1 rings (SSSR count). The van der Waals surface area contributed by atoms with Crippen LogP contribution >= 0.6 is 0 Å². The van der Waals surface area contributed by atoms with Gasteiger partial charge in [0.1, 0.15) is 0 Å². The van der Waals surface area contributed by atoms with Gasteiger partial charge in [0.15, 0.2) is 6.29 Å². The minimum absolute atomic E-state index is 0.0781. The highest BCUT2D eigenvalue weighted by Crippen LogP contribution is 2.22. The Bertz CT molecular complexity index is 181. The first kappa shape index (κ1) is 14.9. The van der Waals surface area contributed by atoms with E-state index >= 15 is 0 Å². The van der Waals surface area contributed by atoms with Gasteiger partial charge in [0.05, 0.1) is 0 Å². The normalized spacial score (nSPS) is 26.1. The fourth-order valence-corrected chi connectivity index (χ4v) is 2.49. The molecule has 0 saturated heterocycles. The van der Waals surface area contributed by atoms with Crippen molar-refractivity contribution in [3.8, 4) is 0 Å². The van der Waals surface area contributed by atoms with Gasteiger partial charge >= 0.3 is 0 Å². The molecule has 0 aliphatic heterocycles. The van der Waals surface area contributed by atoms with Crippen molar-refractivity contribution in [3.63, 3.8) is 0 Å². The van der Waals surface area contributed by atoms with Crippen molar-refractivity contribution in [2.24, 2.45) is 5.92 Å². The van der Waals surface area contributed by atoms with Crippen molar-refractivity contribution >= 4 is 0 Å². The summed E-state index contributed by atoms with van der Waals surface area (Å²) in [6.45, 7) is 8.65. The molecule has 0 aromatic heterocycles. The number of hydrogen-bond acceptors (Lipinski definition) is 3. The molecule has 1 aliphatic carbocycles. The third kappa shape index (κ3) is 6.39. The second-order valence-corrected chi connectivity index (χ2v) is 5.06. The van der Waals surface area contributed by atoms with Gasteiger partial charge in [-0.25, -0.2) is 0 Å². The molecule has 3 heteroatoms. The Kier molecular flexibility index (Phi) is 7.82. The van der Waals surface area contributed by atoms with E-state index in [1.54, 1.807) is 0 Å². The molecule has 2 atom stereocenters. The van der Waals surface area contributed by atoms with Crippen molar-refractivity contribution in [2.75, 3.05) is 19.8 Å². The van der Waals surface area contributed by atoms with Gasteiger partial charge in [0, 0.05) is 25.8 Å². The molecule has 2 unspecified atom stereocenters. The van der Waals surface area contributed by atoms with Crippen molar-refractivity contribution in [2.45, 2.75) is 65.2 Å². The van der Waals surface area contributed by atoms with E-state index in [1.165, 1.54) is 32.1 Å². The summed E-state index contributed by atoms with van der Waals surface area (Å²) in [5, 5.41) is 3.60. The molecule has 102 valence electrons. The van der Waals surface area contributed by atoms with Crippen LogP contribution in [0.15, 0.2) is 0 Å². The van der Waals surface area contributed by atoms with Gasteiger partial charge < -0.3 is 14.8 Å². The van der Waals surface area contributed by atoms with Crippen LogP contribution in [0.2, 0.25) is 0 Å². The van der Waals surface area contributed by atoms with Crippen LogP contribution < -0.4 is 5.32 Å². The molecule has 0 bridgehead atoms. The third-order valence-electron chi connectivity index (χ3n) is 3.54. The Morgan fingerprint density at radius 3 is 2.41 bits per heavy atom. The largest absolute Gasteiger partial charge is 0.352 e. The Morgan fingerprint density at radius 1 is 1.06 bits per heavy atom. The van der Waals surface area contributed by atoms with E-state index in [1.807, 2.05) is 13.8 Å². The Morgan fingerprint density at radius 2 is 1.76 bits per heavy atom. The lowest BCUT2D eigenvalue weighted by atomic mass is 10.0. The lowest BCUT2D eigenvalue weighted by molar-refractivity contribution is -0.133. The fraction of sp³-hybridized carbons (Fsp3) is 1.00. The van der Waals surface area contributed by atoms with E-state index in [0.29, 0.717) is 19.3 Å². The zero-order valence-electron chi connectivity index (χ0n) is 11.7. The summed E-state index contributed by atoms with van der Waals surface area (Å²) < 4.78 is 11.1. The maximum atomic E-state index is 5.54. The highest BCUT2D eigenvalue weighted by atomic mass is 16.7. The molecule has 0 spiro atoms. The zero-order valence-corrected chi connectivity index (χ0v) is 11.7. The third-order valence-corrected chi connectivity index (χ3v) is 3.54. The SMILES string of the molecule is CCOC(CNC1CCCC(C)CC1)OCC. The molecule has 1 fully saturated rings. The first-order chi connectivity index (χ1) is 8.26. The molecule has 1 saturated carbocycles. The number of rotatable bonds is 7. The number of hydrogen-bond donors (Lipinski definition) is 1. The lowest BCUT2D eigenvalue weighted by Gasteiger charge is -2.22. The first-order valence-electron chi connectivity index (χ1n) is 7.22. The van der Waals surface area contributed by atoms with Gasteiger partial charge in [-0.15, -0.1) is 0 Å². The predicted octanol–water partition coefficient (Wildman–Crippen LogP) is 2.94. The molecule has 0 aromatic rings. The van der Waals surface area contributed by atoms with E-state index in [4.69, 9.17) is 9.47 Å². The average Bonchev–Trinajstić information content (AvgIpc) is 2.52. The molecule has 3 nitrogen and oxygen atoms in total. The van der Waals surface area contributed by atoms with Gasteiger partial charge in [-0.1, -0.05) is 19.8 Å². The van der Waals surface area contributed by atoms with Crippen LogP contribution in [-0.2, 0) is 9.47 Å². The molecule has 1 aliphatic rings. The topological polar surface area (TPSA) is 30.5 Å². The monoisotopic (exact) mass is 243 g/mol. The summed E-state index contributed by atoms with van der Waals surface area (Å²) in [6, 6.07) is 0.656. The second-order valence-electron chi connectivity index (χ2n) is 5.06. The summed E-state index contributed by atoms with van der Waals surface area (Å²) in [7, 11) is 0. The van der Waals surface area contributed by atoms with E-state index in [9.17, 15) is 0 Å². The number of nitrogens with one attached hydrogen (secondary N) is 1. The lowest BCUT2D eigenvalue weighted by Crippen LogP contribution is -2.38. The van der Waals surface area contributed by atoms with Crippen LogP contribution in [-0.4, -0.2) is 32.1 Å². The van der Waals surface area contributed by atoms with Crippen LogP contribution in [0.3, 0.4) is 0 Å². The van der Waals surface area contributed by atoms with Crippen molar-refractivity contribution < 1.29 is 9.47 Å². The summed E-state index contributed by atoms with van der Waals surface area (Å²) in [5.41, 5.74) is 0. The fourth-order valence-electron chi connectivity index (χ4n) is 2.49. The summed E-state index contributed by atoms with van der Waals surface area (Å²) in [5.74, 6) is 0.899. The molecule has 0 aromatic carbocycles. The molecule has 17 heavy (non-hydrogen) atoms. The minimum Gasteiger partial charge on any atom is -0.352 e. The van der Waals surface area contributed by atoms with Crippen LogP contribution in [0.1, 0.15) is 52.9 Å². The molecule has 0 radical (unpaired) electrons. The van der Waals surface area contributed by atoms with Gasteiger partial charge in [0.25, 0.3) is 0 Å². The van der Waals surface area contributed by atoms with Crippen molar-refractivity contribution in [1.29, 1.82) is 0 Å². The minimum atomic E-state index is -0.0781. The van der Waals surface area contributed by atoms with E-state index in [2.05, 4.69) is 12.2 Å². The summed E-state index contributed by atoms with van der Waals surface area (Å²) in [4.78, 5) is 0. The number of ether oxygens (including phenoxy) is 2. The van der Waals surface area contributed by atoms with Gasteiger partial charge in [0.2, 0.25) is 0 Å². The maximum Gasteiger partial charge on any atom is 0.169 e.